The molecule has 2 rings (SSSR count). The van der Waals surface area contributed by atoms with E-state index in [9.17, 15) is 14.4 Å². The molecule has 0 unspecified atom stereocenters. The summed E-state index contributed by atoms with van der Waals surface area (Å²) in [5.41, 5.74) is 1.01. The number of carbonyl (C=O) groups excluding carboxylic acids is 3. The number of amides is 1. The Kier molecular flexibility index (Phi) is 8.02. The van der Waals surface area contributed by atoms with Crippen molar-refractivity contribution in [2.45, 2.75) is 6.42 Å². The number of benzene rings is 2. The highest BCUT2D eigenvalue weighted by atomic mass is 16.5. The third kappa shape index (κ3) is 5.71. The van der Waals surface area contributed by atoms with Crippen LogP contribution in [0.4, 0.5) is 0 Å². The first-order valence-electron chi connectivity index (χ1n) is 8.81. The first-order chi connectivity index (χ1) is 14.0. The van der Waals surface area contributed by atoms with E-state index >= 15 is 0 Å². The fourth-order valence-corrected chi connectivity index (χ4v) is 2.64. The maximum atomic E-state index is 12.4. The zero-order chi connectivity index (χ0) is 21.2. The van der Waals surface area contributed by atoms with Crippen molar-refractivity contribution in [3.05, 3.63) is 53.1 Å². The van der Waals surface area contributed by atoms with Crippen molar-refractivity contribution in [3.63, 3.8) is 0 Å². The lowest BCUT2D eigenvalue weighted by atomic mass is 10.1. The van der Waals surface area contributed by atoms with Crippen molar-refractivity contribution < 1.29 is 33.3 Å². The fourth-order valence-electron chi connectivity index (χ4n) is 2.64. The number of hydrogen-bond donors (Lipinski definition) is 1. The van der Waals surface area contributed by atoms with Gasteiger partial charge in [0, 0.05) is 12.1 Å². The highest BCUT2D eigenvalue weighted by Gasteiger charge is 2.23. The Morgan fingerprint density at radius 3 is 2.28 bits per heavy atom. The van der Waals surface area contributed by atoms with Crippen LogP contribution in [0.2, 0.25) is 0 Å². The third-order valence-electron chi connectivity index (χ3n) is 4.14. The molecule has 0 saturated heterocycles. The fraction of sp³-hybridized carbons (Fsp3) is 0.286. The predicted molar refractivity (Wildman–Crippen MR) is 105 cm³/mol. The van der Waals surface area contributed by atoms with Gasteiger partial charge in [0.1, 0.15) is 11.3 Å². The zero-order valence-corrected chi connectivity index (χ0v) is 16.5. The molecule has 0 saturated carbocycles. The van der Waals surface area contributed by atoms with Crippen LogP contribution < -0.4 is 19.5 Å². The zero-order valence-electron chi connectivity index (χ0n) is 16.5. The summed E-state index contributed by atoms with van der Waals surface area (Å²) in [6.45, 7) is -0.106. The maximum absolute atomic E-state index is 12.4. The molecule has 0 aromatic heterocycles. The van der Waals surface area contributed by atoms with Crippen molar-refractivity contribution in [1.82, 2.24) is 5.32 Å². The van der Waals surface area contributed by atoms with Gasteiger partial charge in [0.15, 0.2) is 24.4 Å². The summed E-state index contributed by atoms with van der Waals surface area (Å²) in [6, 6.07) is 10.4. The van der Waals surface area contributed by atoms with Crippen molar-refractivity contribution in [1.29, 1.82) is 0 Å². The standard InChI is InChI=1S/C21H23NO7/c1-26-16-7-4-14(5-8-16)10-11-22-18(24)13-29-21(25)19-15(12-23)6-9-17(27-2)20(19)28-3/h4-9,12H,10-11,13H2,1-3H3,(H,22,24). The summed E-state index contributed by atoms with van der Waals surface area (Å²) in [4.78, 5) is 35.7. The average Bonchev–Trinajstić information content (AvgIpc) is 2.76. The summed E-state index contributed by atoms with van der Waals surface area (Å²) in [5.74, 6) is -0.210. The van der Waals surface area contributed by atoms with Gasteiger partial charge in [-0.05, 0) is 36.2 Å². The van der Waals surface area contributed by atoms with Crippen LogP contribution >= 0.6 is 0 Å². The third-order valence-corrected chi connectivity index (χ3v) is 4.14. The number of esters is 1. The quantitative estimate of drug-likeness (QED) is 0.480. The van der Waals surface area contributed by atoms with E-state index in [1.165, 1.54) is 26.4 Å². The van der Waals surface area contributed by atoms with Gasteiger partial charge >= 0.3 is 5.97 Å². The second-order valence-electron chi connectivity index (χ2n) is 5.91. The minimum absolute atomic E-state index is 0.0713. The van der Waals surface area contributed by atoms with Gasteiger partial charge in [-0.3, -0.25) is 9.59 Å². The smallest absolute Gasteiger partial charge is 0.343 e. The number of ether oxygens (including phenoxy) is 4. The number of aldehydes is 1. The lowest BCUT2D eigenvalue weighted by Gasteiger charge is -2.14. The van der Waals surface area contributed by atoms with Gasteiger partial charge in [0.25, 0.3) is 5.91 Å². The summed E-state index contributed by atoms with van der Waals surface area (Å²) in [7, 11) is 4.34. The molecule has 2 aromatic carbocycles. The molecule has 8 heteroatoms. The number of carbonyl (C=O) groups is 3. The normalized spacial score (nSPS) is 10.0. The van der Waals surface area contributed by atoms with E-state index in [0.717, 1.165) is 11.3 Å². The van der Waals surface area contributed by atoms with Crippen molar-refractivity contribution in [2.75, 3.05) is 34.5 Å². The van der Waals surface area contributed by atoms with E-state index in [2.05, 4.69) is 5.32 Å². The molecule has 0 aliphatic carbocycles. The largest absolute Gasteiger partial charge is 0.497 e. The van der Waals surface area contributed by atoms with Gasteiger partial charge < -0.3 is 24.3 Å². The monoisotopic (exact) mass is 401 g/mol. The van der Waals surface area contributed by atoms with Crippen molar-refractivity contribution in [3.8, 4) is 17.2 Å². The summed E-state index contributed by atoms with van der Waals surface area (Å²) in [5, 5.41) is 2.67. The molecule has 0 bridgehead atoms. The van der Waals surface area contributed by atoms with Crippen LogP contribution in [0.1, 0.15) is 26.3 Å². The molecule has 8 nitrogen and oxygen atoms in total. The molecule has 0 spiro atoms. The maximum Gasteiger partial charge on any atom is 0.343 e. The molecule has 154 valence electrons. The highest BCUT2D eigenvalue weighted by molar-refractivity contribution is 6.02. The van der Waals surface area contributed by atoms with Crippen LogP contribution in [0, 0.1) is 0 Å². The molecule has 0 heterocycles. The van der Waals surface area contributed by atoms with Crippen LogP contribution in [0.5, 0.6) is 17.2 Å². The average molecular weight is 401 g/mol. The Balaban J connectivity index is 1.91. The summed E-state index contributed by atoms with van der Waals surface area (Å²) in [6.07, 6.45) is 1.12. The minimum atomic E-state index is -0.854. The second kappa shape index (κ2) is 10.7. The van der Waals surface area contributed by atoms with Gasteiger partial charge in [-0.15, -0.1) is 0 Å². The van der Waals surface area contributed by atoms with Gasteiger partial charge in [-0.25, -0.2) is 4.79 Å². The number of hydrogen-bond acceptors (Lipinski definition) is 7. The first-order valence-corrected chi connectivity index (χ1v) is 8.81. The van der Waals surface area contributed by atoms with Gasteiger partial charge in [0.05, 0.1) is 21.3 Å². The van der Waals surface area contributed by atoms with Crippen LogP contribution in [0.25, 0.3) is 0 Å². The van der Waals surface area contributed by atoms with Crippen LogP contribution in [-0.4, -0.2) is 52.6 Å². The molecule has 1 N–H and O–H groups in total. The topological polar surface area (TPSA) is 100 Å². The SMILES string of the molecule is COc1ccc(CCNC(=O)COC(=O)c2c(C=O)ccc(OC)c2OC)cc1. The van der Waals surface area contributed by atoms with Crippen molar-refractivity contribution in [2.24, 2.45) is 0 Å². The Morgan fingerprint density at radius 1 is 0.966 bits per heavy atom. The molecular weight excluding hydrogens is 378 g/mol. The van der Waals surface area contributed by atoms with E-state index in [1.54, 1.807) is 7.11 Å². The highest BCUT2D eigenvalue weighted by Crippen LogP contribution is 2.33. The van der Waals surface area contributed by atoms with E-state index in [4.69, 9.17) is 18.9 Å². The number of rotatable bonds is 10. The van der Waals surface area contributed by atoms with E-state index in [-0.39, 0.29) is 22.6 Å². The molecule has 0 fully saturated rings. The molecule has 0 atom stereocenters. The Hall–Kier alpha value is -3.55. The van der Waals surface area contributed by atoms with Crippen LogP contribution in [0.15, 0.2) is 36.4 Å². The van der Waals surface area contributed by atoms with E-state index in [1.807, 2.05) is 24.3 Å². The number of nitrogens with one attached hydrogen (secondary N) is 1. The molecule has 1 amide bonds. The molecule has 29 heavy (non-hydrogen) atoms. The summed E-state index contributed by atoms with van der Waals surface area (Å²) >= 11 is 0. The Morgan fingerprint density at radius 2 is 1.69 bits per heavy atom. The van der Waals surface area contributed by atoms with E-state index < -0.39 is 18.5 Å². The lowest BCUT2D eigenvalue weighted by Crippen LogP contribution is -2.30. The van der Waals surface area contributed by atoms with Gasteiger partial charge in [0.2, 0.25) is 0 Å². The van der Waals surface area contributed by atoms with Gasteiger partial charge in [-0.2, -0.15) is 0 Å². The Bertz CT molecular complexity index is 862. The molecule has 2 aromatic rings. The van der Waals surface area contributed by atoms with Gasteiger partial charge in [-0.1, -0.05) is 12.1 Å². The molecule has 0 aliphatic rings. The first kappa shape index (κ1) is 21.7. The lowest BCUT2D eigenvalue weighted by molar-refractivity contribution is -0.124. The molecule has 0 aliphatic heterocycles. The van der Waals surface area contributed by atoms with E-state index in [0.29, 0.717) is 19.3 Å². The van der Waals surface area contributed by atoms with Crippen LogP contribution in [-0.2, 0) is 16.0 Å². The summed E-state index contributed by atoms with van der Waals surface area (Å²) < 4.78 is 20.4. The predicted octanol–water partition coefficient (Wildman–Crippen LogP) is 2.04. The van der Waals surface area contributed by atoms with Crippen LogP contribution in [0.3, 0.4) is 0 Å². The second-order valence-corrected chi connectivity index (χ2v) is 5.91. The minimum Gasteiger partial charge on any atom is -0.497 e. The molecular formula is C21H23NO7. The number of methoxy groups -OCH3 is 3. The van der Waals surface area contributed by atoms with Crippen molar-refractivity contribution >= 4 is 18.2 Å². The molecule has 0 radical (unpaired) electrons. The Labute approximate surface area is 168 Å².